The van der Waals surface area contributed by atoms with Crippen LogP contribution in [0.15, 0.2) is 24.5 Å². The second-order valence-corrected chi connectivity index (χ2v) is 9.76. The van der Waals surface area contributed by atoms with Crippen LogP contribution in [0.4, 0.5) is 23.3 Å². The molecular weight excluding hydrogens is 432 g/mol. The summed E-state index contributed by atoms with van der Waals surface area (Å²) < 4.78 is 0. The van der Waals surface area contributed by atoms with Crippen molar-refractivity contribution >= 4 is 35.1 Å². The molecule has 34 heavy (non-hydrogen) atoms. The molecule has 6 rings (SSSR count). The zero-order valence-corrected chi connectivity index (χ0v) is 19.5. The number of pyridine rings is 1. The van der Waals surface area contributed by atoms with Gasteiger partial charge in [0.05, 0.1) is 18.3 Å². The molecule has 1 spiro atoms. The van der Waals surface area contributed by atoms with E-state index in [4.69, 9.17) is 4.98 Å². The lowest BCUT2D eigenvalue weighted by Gasteiger charge is -2.38. The van der Waals surface area contributed by atoms with Crippen LogP contribution in [0.2, 0.25) is 0 Å². The van der Waals surface area contributed by atoms with Crippen LogP contribution >= 0.6 is 0 Å². The summed E-state index contributed by atoms with van der Waals surface area (Å²) in [6.07, 6.45) is 8.63. The van der Waals surface area contributed by atoms with Crippen molar-refractivity contribution in [3.8, 4) is 0 Å². The number of hydrogen-bond acceptors (Lipinski definition) is 9. The normalized spacial score (nSPS) is 25.0. The van der Waals surface area contributed by atoms with Crippen LogP contribution in [0.1, 0.15) is 37.7 Å². The van der Waals surface area contributed by atoms with E-state index in [-0.39, 0.29) is 24.3 Å². The highest BCUT2D eigenvalue weighted by atomic mass is 16.2. The molecule has 5 heterocycles. The number of likely N-dealkylation sites (N-methyl/N-ethyl adjacent to an activating group) is 1. The molecular formula is C24H30N8O2. The predicted molar refractivity (Wildman–Crippen MR) is 128 cm³/mol. The summed E-state index contributed by atoms with van der Waals surface area (Å²) in [4.78, 5) is 45.5. The van der Waals surface area contributed by atoms with Gasteiger partial charge in [-0.3, -0.25) is 14.5 Å². The Bertz CT molecular complexity index is 1110. The Hall–Kier alpha value is -3.27. The van der Waals surface area contributed by atoms with Crippen LogP contribution in [0, 0.1) is 0 Å². The monoisotopic (exact) mass is 462 g/mol. The molecule has 178 valence electrons. The first-order valence-electron chi connectivity index (χ1n) is 12.2. The topological polar surface area (TPSA) is 107 Å². The van der Waals surface area contributed by atoms with Crippen LogP contribution in [0.25, 0.3) is 0 Å². The molecule has 0 radical (unpaired) electrons. The molecule has 2 aromatic heterocycles. The fraction of sp³-hybridized carbons (Fsp3) is 0.542. The van der Waals surface area contributed by atoms with Gasteiger partial charge >= 0.3 is 0 Å². The van der Waals surface area contributed by atoms with E-state index in [0.29, 0.717) is 18.2 Å². The quantitative estimate of drug-likeness (QED) is 0.653. The second-order valence-electron chi connectivity index (χ2n) is 9.76. The highest BCUT2D eigenvalue weighted by Crippen LogP contribution is 2.47. The summed E-state index contributed by atoms with van der Waals surface area (Å²) in [6, 6.07) is 4.22. The molecule has 2 aromatic rings. The fourth-order valence-corrected chi connectivity index (χ4v) is 5.96. The van der Waals surface area contributed by atoms with Gasteiger partial charge in [-0.25, -0.2) is 9.97 Å². The predicted octanol–water partition coefficient (Wildman–Crippen LogP) is 1.46. The number of piperazine rings is 1. The number of fused-ring (bicyclic) bond motifs is 1. The molecule has 1 saturated carbocycles. The SMILES string of the molecule is CN1C(=O)CC2(Cc3cnc(Nc4ccc(N5CCNCC5)cn4)nc3N2C2CCCC2)C1=O. The minimum absolute atomic E-state index is 0.123. The molecule has 3 aliphatic heterocycles. The molecule has 2 saturated heterocycles. The van der Waals surface area contributed by atoms with Crippen LogP contribution in [-0.2, 0) is 16.0 Å². The number of likely N-dealkylation sites (tertiary alicyclic amines) is 1. The lowest BCUT2D eigenvalue weighted by molar-refractivity contribution is -0.138. The number of hydrogen-bond donors (Lipinski definition) is 2. The largest absolute Gasteiger partial charge is 0.368 e. The number of rotatable bonds is 4. The first kappa shape index (κ1) is 21.3. The molecule has 2 amide bonds. The number of carbonyl (C=O) groups is 2. The zero-order valence-electron chi connectivity index (χ0n) is 19.5. The number of aromatic nitrogens is 3. The Labute approximate surface area is 198 Å². The van der Waals surface area contributed by atoms with E-state index in [1.54, 1.807) is 13.2 Å². The number of carbonyl (C=O) groups excluding carboxylic acids is 2. The van der Waals surface area contributed by atoms with Crippen molar-refractivity contribution < 1.29 is 9.59 Å². The molecule has 1 atom stereocenters. The van der Waals surface area contributed by atoms with Crippen molar-refractivity contribution in [1.82, 2.24) is 25.2 Å². The van der Waals surface area contributed by atoms with Crippen molar-refractivity contribution in [1.29, 1.82) is 0 Å². The van der Waals surface area contributed by atoms with Crippen molar-refractivity contribution in [2.75, 3.05) is 48.3 Å². The number of nitrogens with zero attached hydrogens (tertiary/aromatic N) is 6. The van der Waals surface area contributed by atoms with Gasteiger partial charge in [0.1, 0.15) is 17.2 Å². The van der Waals surface area contributed by atoms with E-state index in [2.05, 4.69) is 36.5 Å². The molecule has 3 fully saturated rings. The fourth-order valence-electron chi connectivity index (χ4n) is 5.96. The maximum Gasteiger partial charge on any atom is 0.255 e. The summed E-state index contributed by atoms with van der Waals surface area (Å²) in [7, 11) is 1.59. The lowest BCUT2D eigenvalue weighted by Crippen LogP contribution is -2.56. The first-order valence-corrected chi connectivity index (χ1v) is 12.2. The van der Waals surface area contributed by atoms with Crippen LogP contribution < -0.4 is 20.4 Å². The van der Waals surface area contributed by atoms with Gasteiger partial charge in [-0.1, -0.05) is 12.8 Å². The van der Waals surface area contributed by atoms with E-state index >= 15 is 0 Å². The average molecular weight is 463 g/mol. The van der Waals surface area contributed by atoms with Gasteiger partial charge in [0.2, 0.25) is 11.9 Å². The smallest absolute Gasteiger partial charge is 0.255 e. The van der Waals surface area contributed by atoms with Crippen molar-refractivity contribution in [2.45, 2.75) is 50.1 Å². The summed E-state index contributed by atoms with van der Waals surface area (Å²) in [5, 5.41) is 6.59. The Kier molecular flexibility index (Phi) is 5.13. The maximum atomic E-state index is 13.3. The van der Waals surface area contributed by atoms with Gasteiger partial charge in [0.25, 0.3) is 5.91 Å². The molecule has 1 aliphatic carbocycles. The molecule has 0 aromatic carbocycles. The van der Waals surface area contributed by atoms with Gasteiger partial charge in [0.15, 0.2) is 0 Å². The van der Waals surface area contributed by atoms with Gasteiger partial charge < -0.3 is 20.4 Å². The van der Waals surface area contributed by atoms with Gasteiger partial charge in [-0.15, -0.1) is 0 Å². The Morgan fingerprint density at radius 3 is 2.53 bits per heavy atom. The third-order valence-electron chi connectivity index (χ3n) is 7.69. The van der Waals surface area contributed by atoms with E-state index in [1.807, 2.05) is 12.3 Å². The number of amides is 2. The number of anilines is 4. The van der Waals surface area contributed by atoms with E-state index in [1.165, 1.54) is 4.90 Å². The molecule has 0 bridgehead atoms. The van der Waals surface area contributed by atoms with Crippen LogP contribution in [-0.4, -0.2) is 76.5 Å². The highest BCUT2D eigenvalue weighted by molar-refractivity contribution is 6.11. The zero-order chi connectivity index (χ0) is 23.3. The van der Waals surface area contributed by atoms with E-state index in [9.17, 15) is 9.59 Å². The van der Waals surface area contributed by atoms with Gasteiger partial charge in [0, 0.05) is 57.4 Å². The molecule has 10 heteroatoms. The Morgan fingerprint density at radius 2 is 1.85 bits per heavy atom. The summed E-state index contributed by atoms with van der Waals surface area (Å²) >= 11 is 0. The summed E-state index contributed by atoms with van der Waals surface area (Å²) in [5.74, 6) is 1.65. The Morgan fingerprint density at radius 1 is 1.06 bits per heavy atom. The van der Waals surface area contributed by atoms with Gasteiger partial charge in [-0.05, 0) is 25.0 Å². The molecule has 2 N–H and O–H groups in total. The van der Waals surface area contributed by atoms with Gasteiger partial charge in [-0.2, -0.15) is 4.98 Å². The minimum atomic E-state index is -0.861. The molecule has 10 nitrogen and oxygen atoms in total. The van der Waals surface area contributed by atoms with Crippen molar-refractivity contribution in [2.24, 2.45) is 0 Å². The third-order valence-corrected chi connectivity index (χ3v) is 7.69. The molecule has 4 aliphatic rings. The Balaban J connectivity index is 1.28. The first-order chi connectivity index (χ1) is 16.5. The standard InChI is InChI=1S/C24H30N8O2/c1-30-20(33)13-24(22(30)34)12-16-14-27-23(29-21(16)32(24)17-4-2-3-5-17)28-19-7-6-18(15-26-19)31-10-8-25-9-11-31/h6-7,14-15,17,25H,2-5,8-13H2,1H3,(H,26,27,28,29). The number of imide groups is 1. The van der Waals surface area contributed by atoms with Crippen LogP contribution in [0.3, 0.4) is 0 Å². The van der Waals surface area contributed by atoms with Crippen LogP contribution in [0.5, 0.6) is 0 Å². The third kappa shape index (κ3) is 3.39. The summed E-state index contributed by atoms with van der Waals surface area (Å²) in [6.45, 7) is 3.90. The molecule has 1 unspecified atom stereocenters. The van der Waals surface area contributed by atoms with E-state index < -0.39 is 5.54 Å². The average Bonchev–Trinajstić information content (AvgIpc) is 3.54. The van der Waals surface area contributed by atoms with Crippen molar-refractivity contribution in [3.05, 3.63) is 30.1 Å². The second kappa shape index (κ2) is 8.19. The highest BCUT2D eigenvalue weighted by Gasteiger charge is 2.60. The lowest BCUT2D eigenvalue weighted by atomic mass is 9.91. The number of nitrogens with one attached hydrogen (secondary N) is 2. The van der Waals surface area contributed by atoms with E-state index in [0.717, 1.165) is 68.9 Å². The van der Waals surface area contributed by atoms with Crippen molar-refractivity contribution in [3.63, 3.8) is 0 Å². The minimum Gasteiger partial charge on any atom is -0.368 e. The maximum absolute atomic E-state index is 13.3. The summed E-state index contributed by atoms with van der Waals surface area (Å²) in [5.41, 5.74) is 1.17.